The smallest absolute Gasteiger partial charge is 0.244 e. The highest BCUT2D eigenvalue weighted by atomic mass is 79.9. The normalized spacial score (nSPS) is 11.5. The maximum atomic E-state index is 12.4. The van der Waals surface area contributed by atoms with Gasteiger partial charge in [-0.25, -0.2) is 13.1 Å². The summed E-state index contributed by atoms with van der Waals surface area (Å²) in [6, 6.07) is 8.32. The number of hydrogen-bond acceptors (Lipinski definition) is 4. The predicted molar refractivity (Wildman–Crippen MR) is 82.7 cm³/mol. The van der Waals surface area contributed by atoms with Crippen molar-refractivity contribution in [2.45, 2.75) is 24.8 Å². The van der Waals surface area contributed by atoms with Gasteiger partial charge in [-0.05, 0) is 36.8 Å². The van der Waals surface area contributed by atoms with E-state index < -0.39 is 10.0 Å². The minimum Gasteiger partial charge on any atom is -0.492 e. The molecule has 114 valence electrons. The summed E-state index contributed by atoms with van der Waals surface area (Å²) in [7, 11) is -3.68. The van der Waals surface area contributed by atoms with Crippen LogP contribution in [0.4, 0.5) is 0 Å². The monoisotopic (exact) mass is 373 g/mol. The van der Waals surface area contributed by atoms with Crippen LogP contribution >= 0.6 is 15.9 Å². The van der Waals surface area contributed by atoms with E-state index in [9.17, 15) is 8.42 Å². The molecule has 2 rings (SSSR count). The number of nitrogens with one attached hydrogen (secondary N) is 1. The molecule has 1 heterocycles. The van der Waals surface area contributed by atoms with Crippen LogP contribution in [0.2, 0.25) is 0 Å². The third kappa shape index (κ3) is 4.33. The van der Waals surface area contributed by atoms with Crippen LogP contribution in [-0.4, -0.2) is 15.0 Å². The van der Waals surface area contributed by atoms with E-state index in [4.69, 9.17) is 9.15 Å². The molecule has 21 heavy (non-hydrogen) atoms. The second kappa shape index (κ2) is 7.11. The van der Waals surface area contributed by atoms with Gasteiger partial charge in [-0.3, -0.25) is 0 Å². The highest BCUT2D eigenvalue weighted by Gasteiger charge is 2.20. The molecule has 1 N–H and O–H groups in total. The topological polar surface area (TPSA) is 68.5 Å². The Bertz CT molecular complexity index is 683. The Hall–Kier alpha value is -1.31. The van der Waals surface area contributed by atoms with Crippen molar-refractivity contribution >= 4 is 26.0 Å². The lowest BCUT2D eigenvalue weighted by Gasteiger charge is -2.12. The van der Waals surface area contributed by atoms with Gasteiger partial charge >= 0.3 is 0 Å². The molecule has 5 nitrogen and oxygen atoms in total. The van der Waals surface area contributed by atoms with Crippen molar-refractivity contribution in [3.63, 3.8) is 0 Å². The number of benzene rings is 1. The molecular formula is C14H16BrNO4S. The Kier molecular flexibility index (Phi) is 5.44. The van der Waals surface area contributed by atoms with Crippen LogP contribution in [0.25, 0.3) is 0 Å². The number of hydrogen-bond donors (Lipinski definition) is 1. The number of furan rings is 1. The second-order valence-corrected chi connectivity index (χ2v) is 6.99. The van der Waals surface area contributed by atoms with Crippen molar-refractivity contribution in [2.24, 2.45) is 0 Å². The minimum atomic E-state index is -3.68. The fourth-order valence-electron chi connectivity index (χ4n) is 1.68. The molecule has 0 aliphatic heterocycles. The van der Waals surface area contributed by atoms with Crippen molar-refractivity contribution in [3.8, 4) is 5.75 Å². The van der Waals surface area contributed by atoms with E-state index in [0.29, 0.717) is 22.6 Å². The molecule has 0 unspecified atom stereocenters. The van der Waals surface area contributed by atoms with Crippen molar-refractivity contribution in [3.05, 3.63) is 46.8 Å². The molecule has 1 aromatic carbocycles. The van der Waals surface area contributed by atoms with Crippen molar-refractivity contribution in [2.75, 3.05) is 6.61 Å². The molecule has 0 aliphatic rings. The number of sulfonamides is 1. The Morgan fingerprint density at radius 3 is 2.81 bits per heavy atom. The Labute approximate surface area is 132 Å². The van der Waals surface area contributed by atoms with Gasteiger partial charge in [-0.1, -0.05) is 22.9 Å². The van der Waals surface area contributed by atoms with Gasteiger partial charge in [0.25, 0.3) is 0 Å². The predicted octanol–water partition coefficient (Wildman–Crippen LogP) is 3.31. The van der Waals surface area contributed by atoms with E-state index in [1.165, 1.54) is 12.3 Å². The average Bonchev–Trinajstić information content (AvgIpc) is 2.97. The van der Waals surface area contributed by atoms with Crippen LogP contribution < -0.4 is 9.46 Å². The van der Waals surface area contributed by atoms with Crippen LogP contribution in [0.15, 0.2) is 50.4 Å². The highest BCUT2D eigenvalue weighted by Crippen LogP contribution is 2.27. The molecule has 0 spiro atoms. The van der Waals surface area contributed by atoms with E-state index >= 15 is 0 Å². The first-order valence-corrected chi connectivity index (χ1v) is 8.75. The van der Waals surface area contributed by atoms with Crippen molar-refractivity contribution < 1.29 is 17.6 Å². The van der Waals surface area contributed by atoms with Crippen LogP contribution in [0.3, 0.4) is 0 Å². The van der Waals surface area contributed by atoms with Gasteiger partial charge < -0.3 is 9.15 Å². The van der Waals surface area contributed by atoms with Crippen LogP contribution in [-0.2, 0) is 16.6 Å². The summed E-state index contributed by atoms with van der Waals surface area (Å²) in [5.41, 5.74) is 0. The zero-order chi connectivity index (χ0) is 15.3. The minimum absolute atomic E-state index is 0.0923. The Morgan fingerprint density at radius 1 is 1.33 bits per heavy atom. The van der Waals surface area contributed by atoms with E-state index in [2.05, 4.69) is 20.7 Å². The summed E-state index contributed by atoms with van der Waals surface area (Å²) < 4.78 is 38.6. The van der Waals surface area contributed by atoms with Gasteiger partial charge in [-0.15, -0.1) is 0 Å². The summed E-state index contributed by atoms with van der Waals surface area (Å²) in [6.07, 6.45) is 2.30. The molecule has 0 saturated carbocycles. The van der Waals surface area contributed by atoms with E-state index in [1.807, 2.05) is 6.92 Å². The van der Waals surface area contributed by atoms with E-state index in [0.717, 1.165) is 6.42 Å². The lowest BCUT2D eigenvalue weighted by molar-refractivity contribution is 0.309. The number of rotatable bonds is 7. The quantitative estimate of drug-likeness (QED) is 0.808. The van der Waals surface area contributed by atoms with Gasteiger partial charge in [0.2, 0.25) is 10.0 Å². The fourth-order valence-corrected chi connectivity index (χ4v) is 3.35. The Balaban J connectivity index is 2.23. The van der Waals surface area contributed by atoms with Crippen molar-refractivity contribution in [1.29, 1.82) is 0 Å². The molecular weight excluding hydrogens is 358 g/mol. The molecule has 0 amide bonds. The highest BCUT2D eigenvalue weighted by molar-refractivity contribution is 9.10. The number of halogens is 1. The first kappa shape index (κ1) is 16.1. The summed E-state index contributed by atoms with van der Waals surface area (Å²) in [4.78, 5) is 0.108. The molecule has 2 aromatic rings. The van der Waals surface area contributed by atoms with E-state index in [1.54, 1.807) is 24.3 Å². The average molecular weight is 374 g/mol. The third-order valence-corrected chi connectivity index (χ3v) is 4.59. The number of ether oxygens (including phenoxy) is 1. The first-order valence-electron chi connectivity index (χ1n) is 6.47. The maximum Gasteiger partial charge on any atom is 0.244 e. The van der Waals surface area contributed by atoms with Crippen LogP contribution in [0.5, 0.6) is 5.75 Å². The maximum absolute atomic E-state index is 12.4. The first-order chi connectivity index (χ1) is 10.0. The second-order valence-electron chi connectivity index (χ2n) is 4.34. The molecule has 0 fully saturated rings. The van der Waals surface area contributed by atoms with Gasteiger partial charge in [0, 0.05) is 4.47 Å². The lowest BCUT2D eigenvalue weighted by atomic mass is 10.3. The molecule has 7 heteroatoms. The van der Waals surface area contributed by atoms with Gasteiger partial charge in [0.15, 0.2) is 0 Å². The summed E-state index contributed by atoms with van der Waals surface area (Å²) in [5.74, 6) is 0.886. The third-order valence-electron chi connectivity index (χ3n) is 2.67. The standard InChI is InChI=1S/C14H16BrNO4S/c1-2-7-20-13-6-5-11(15)9-14(13)21(17,18)16-10-12-4-3-8-19-12/h3-6,8-9,16H,2,7,10H2,1H3. The summed E-state index contributed by atoms with van der Waals surface area (Å²) >= 11 is 3.28. The summed E-state index contributed by atoms with van der Waals surface area (Å²) in [6.45, 7) is 2.51. The summed E-state index contributed by atoms with van der Waals surface area (Å²) in [5, 5.41) is 0. The molecule has 1 aromatic heterocycles. The van der Waals surface area contributed by atoms with Gasteiger partial charge in [-0.2, -0.15) is 0 Å². The molecule has 0 atom stereocenters. The van der Waals surface area contributed by atoms with Crippen molar-refractivity contribution in [1.82, 2.24) is 4.72 Å². The SMILES string of the molecule is CCCOc1ccc(Br)cc1S(=O)(=O)NCc1ccco1. The van der Waals surface area contributed by atoms with Crippen LogP contribution in [0, 0.1) is 0 Å². The molecule has 0 aliphatic carbocycles. The molecule has 0 saturated heterocycles. The molecule has 0 bridgehead atoms. The largest absolute Gasteiger partial charge is 0.492 e. The fraction of sp³-hybridized carbons (Fsp3) is 0.286. The van der Waals surface area contributed by atoms with Gasteiger partial charge in [0.05, 0.1) is 19.4 Å². The molecule has 0 radical (unpaired) electrons. The zero-order valence-corrected chi connectivity index (χ0v) is 13.9. The van der Waals surface area contributed by atoms with Gasteiger partial charge in [0.1, 0.15) is 16.4 Å². The van der Waals surface area contributed by atoms with Crippen LogP contribution in [0.1, 0.15) is 19.1 Å². The Morgan fingerprint density at radius 2 is 2.14 bits per heavy atom. The van der Waals surface area contributed by atoms with E-state index in [-0.39, 0.29) is 11.4 Å². The lowest BCUT2D eigenvalue weighted by Crippen LogP contribution is -2.23. The zero-order valence-electron chi connectivity index (χ0n) is 11.5.